The normalized spacial score (nSPS) is 38.4. The summed E-state index contributed by atoms with van der Waals surface area (Å²) in [5, 5.41) is 10.0. The zero-order chi connectivity index (χ0) is 12.8. The Morgan fingerprint density at radius 3 is 2.44 bits per heavy atom. The second kappa shape index (κ2) is 4.76. The molecule has 0 aromatic rings. The number of aliphatic hydroxyl groups excluding tert-OH is 1. The van der Waals surface area contributed by atoms with Gasteiger partial charge in [0.05, 0.1) is 11.9 Å². The summed E-state index contributed by atoms with van der Waals surface area (Å²) in [6, 6.07) is 0.0752. The van der Waals surface area contributed by atoms with Crippen LogP contribution in [0.3, 0.4) is 0 Å². The van der Waals surface area contributed by atoms with Crippen LogP contribution in [-0.4, -0.2) is 42.3 Å². The maximum absolute atomic E-state index is 12.4. The molecule has 3 atom stereocenters. The van der Waals surface area contributed by atoms with Crippen LogP contribution in [0.15, 0.2) is 0 Å². The van der Waals surface area contributed by atoms with Gasteiger partial charge in [0.1, 0.15) is 0 Å². The van der Waals surface area contributed by atoms with Crippen molar-refractivity contribution in [3.8, 4) is 0 Å². The molecule has 2 saturated carbocycles. The SMILES string of the molecule is O=S(=O)(CC1CC1)N1CCCC1C1CCCC1O. The van der Waals surface area contributed by atoms with Crippen LogP contribution in [0.5, 0.6) is 0 Å². The van der Waals surface area contributed by atoms with E-state index in [4.69, 9.17) is 0 Å². The van der Waals surface area contributed by atoms with Crippen molar-refractivity contribution in [2.24, 2.45) is 11.8 Å². The fourth-order valence-corrected chi connectivity index (χ4v) is 5.84. The first-order valence-corrected chi connectivity index (χ1v) is 8.86. The van der Waals surface area contributed by atoms with Crippen LogP contribution < -0.4 is 0 Å². The van der Waals surface area contributed by atoms with Crippen LogP contribution >= 0.6 is 0 Å². The van der Waals surface area contributed by atoms with Gasteiger partial charge in [-0.15, -0.1) is 0 Å². The Bertz CT molecular complexity index is 404. The van der Waals surface area contributed by atoms with E-state index in [2.05, 4.69) is 0 Å². The van der Waals surface area contributed by atoms with Gasteiger partial charge in [0.2, 0.25) is 10.0 Å². The smallest absolute Gasteiger partial charge is 0.214 e. The molecule has 0 bridgehead atoms. The molecule has 18 heavy (non-hydrogen) atoms. The van der Waals surface area contributed by atoms with Gasteiger partial charge in [-0.1, -0.05) is 6.42 Å². The van der Waals surface area contributed by atoms with Crippen LogP contribution in [0.4, 0.5) is 0 Å². The first-order chi connectivity index (χ1) is 8.58. The maximum Gasteiger partial charge on any atom is 0.214 e. The molecular weight excluding hydrogens is 250 g/mol. The van der Waals surface area contributed by atoms with E-state index >= 15 is 0 Å². The van der Waals surface area contributed by atoms with Crippen molar-refractivity contribution in [2.75, 3.05) is 12.3 Å². The molecule has 0 aromatic carbocycles. The quantitative estimate of drug-likeness (QED) is 0.841. The lowest BCUT2D eigenvalue weighted by Gasteiger charge is -2.30. The van der Waals surface area contributed by atoms with Gasteiger partial charge in [-0.05, 0) is 44.4 Å². The summed E-state index contributed by atoms with van der Waals surface area (Å²) in [5.41, 5.74) is 0. The van der Waals surface area contributed by atoms with Crippen LogP contribution in [0.2, 0.25) is 0 Å². The molecule has 0 radical (unpaired) electrons. The monoisotopic (exact) mass is 273 g/mol. The molecule has 3 unspecified atom stereocenters. The standard InChI is InChI=1S/C13H23NO3S/c15-13-5-1-3-11(13)12-4-2-8-14(12)18(16,17)9-10-6-7-10/h10-13,15H,1-9H2. The van der Waals surface area contributed by atoms with Gasteiger partial charge in [0.25, 0.3) is 0 Å². The van der Waals surface area contributed by atoms with E-state index in [-0.39, 0.29) is 18.1 Å². The van der Waals surface area contributed by atoms with Gasteiger partial charge < -0.3 is 5.11 Å². The molecule has 0 aromatic heterocycles. The molecule has 3 rings (SSSR count). The third-order valence-electron chi connectivity index (χ3n) is 4.77. The molecule has 2 aliphatic carbocycles. The number of hydrogen-bond donors (Lipinski definition) is 1. The van der Waals surface area contributed by atoms with Crippen LogP contribution in [0.25, 0.3) is 0 Å². The van der Waals surface area contributed by atoms with E-state index in [0.29, 0.717) is 18.2 Å². The van der Waals surface area contributed by atoms with E-state index in [0.717, 1.165) is 44.9 Å². The van der Waals surface area contributed by atoms with Gasteiger partial charge in [-0.25, -0.2) is 8.42 Å². The van der Waals surface area contributed by atoms with Gasteiger partial charge in [-0.2, -0.15) is 4.31 Å². The minimum absolute atomic E-state index is 0.0752. The van der Waals surface area contributed by atoms with Gasteiger partial charge in [-0.3, -0.25) is 0 Å². The van der Waals surface area contributed by atoms with Gasteiger partial charge in [0, 0.05) is 18.5 Å². The second-order valence-electron chi connectivity index (χ2n) is 6.20. The number of nitrogens with zero attached hydrogens (tertiary/aromatic N) is 1. The topological polar surface area (TPSA) is 57.6 Å². The minimum Gasteiger partial charge on any atom is -0.393 e. The van der Waals surface area contributed by atoms with Crippen molar-refractivity contribution >= 4 is 10.0 Å². The average Bonchev–Trinajstić information content (AvgIpc) is 2.80. The molecule has 104 valence electrons. The molecule has 1 saturated heterocycles. The highest BCUT2D eigenvalue weighted by atomic mass is 32.2. The Balaban J connectivity index is 1.73. The molecule has 5 heteroatoms. The van der Waals surface area contributed by atoms with Crippen LogP contribution in [0.1, 0.15) is 44.9 Å². The molecular formula is C13H23NO3S. The molecule has 0 amide bonds. The average molecular weight is 273 g/mol. The maximum atomic E-state index is 12.4. The van der Waals surface area contributed by atoms with Gasteiger partial charge in [0.15, 0.2) is 0 Å². The molecule has 1 heterocycles. The summed E-state index contributed by atoms with van der Waals surface area (Å²) in [7, 11) is -3.08. The molecule has 1 N–H and O–H groups in total. The molecule has 3 fully saturated rings. The Hall–Kier alpha value is -0.130. The number of hydrogen-bond acceptors (Lipinski definition) is 3. The van der Waals surface area contributed by atoms with E-state index < -0.39 is 10.0 Å². The van der Waals surface area contributed by atoms with E-state index in [9.17, 15) is 13.5 Å². The summed E-state index contributed by atoms with van der Waals surface area (Å²) < 4.78 is 26.5. The van der Waals surface area contributed by atoms with E-state index in [1.54, 1.807) is 4.31 Å². The molecule has 3 aliphatic rings. The van der Waals surface area contributed by atoms with Crippen LogP contribution in [-0.2, 0) is 10.0 Å². The fraction of sp³-hybridized carbons (Fsp3) is 1.00. The zero-order valence-electron chi connectivity index (χ0n) is 10.8. The highest BCUT2D eigenvalue weighted by molar-refractivity contribution is 7.89. The zero-order valence-corrected chi connectivity index (χ0v) is 11.6. The van der Waals surface area contributed by atoms with Crippen LogP contribution in [0, 0.1) is 11.8 Å². The first kappa shape index (κ1) is 12.9. The number of aliphatic hydroxyl groups is 1. The predicted molar refractivity (Wildman–Crippen MR) is 69.6 cm³/mol. The van der Waals surface area contributed by atoms with E-state index in [1.807, 2.05) is 0 Å². The third kappa shape index (κ3) is 2.45. The Morgan fingerprint density at radius 2 is 1.83 bits per heavy atom. The molecule has 4 nitrogen and oxygen atoms in total. The highest BCUT2D eigenvalue weighted by Crippen LogP contribution is 2.39. The summed E-state index contributed by atoms with van der Waals surface area (Å²) in [6.45, 7) is 0.670. The van der Waals surface area contributed by atoms with Crippen molar-refractivity contribution < 1.29 is 13.5 Å². The van der Waals surface area contributed by atoms with Crippen molar-refractivity contribution in [3.05, 3.63) is 0 Å². The van der Waals surface area contributed by atoms with E-state index in [1.165, 1.54) is 0 Å². The summed E-state index contributed by atoms with van der Waals surface area (Å²) >= 11 is 0. The summed E-state index contributed by atoms with van der Waals surface area (Å²) in [4.78, 5) is 0. The summed E-state index contributed by atoms with van der Waals surface area (Å²) in [6.07, 6.45) is 6.63. The third-order valence-corrected chi connectivity index (χ3v) is 6.84. The second-order valence-corrected chi connectivity index (χ2v) is 8.17. The first-order valence-electron chi connectivity index (χ1n) is 7.25. The van der Waals surface area contributed by atoms with Gasteiger partial charge >= 0.3 is 0 Å². The lowest BCUT2D eigenvalue weighted by molar-refractivity contribution is 0.0974. The number of rotatable bonds is 4. The Morgan fingerprint density at radius 1 is 1.06 bits per heavy atom. The predicted octanol–water partition coefficient (Wildman–Crippen LogP) is 1.35. The minimum atomic E-state index is -3.08. The molecule has 1 aliphatic heterocycles. The highest BCUT2D eigenvalue weighted by Gasteiger charge is 2.44. The Kier molecular flexibility index (Phi) is 3.41. The van der Waals surface area contributed by atoms with Crippen molar-refractivity contribution in [1.29, 1.82) is 0 Å². The summed E-state index contributed by atoms with van der Waals surface area (Å²) in [5.74, 6) is 0.929. The Labute approximate surface area is 109 Å². The largest absolute Gasteiger partial charge is 0.393 e. The van der Waals surface area contributed by atoms with Crippen molar-refractivity contribution in [1.82, 2.24) is 4.31 Å². The fourth-order valence-electron chi connectivity index (χ4n) is 3.64. The lowest BCUT2D eigenvalue weighted by atomic mass is 9.95. The lowest BCUT2D eigenvalue weighted by Crippen LogP contribution is -2.43. The molecule has 0 spiro atoms. The van der Waals surface area contributed by atoms with Crippen molar-refractivity contribution in [2.45, 2.75) is 57.1 Å². The number of sulfonamides is 1. The van der Waals surface area contributed by atoms with Crippen molar-refractivity contribution in [3.63, 3.8) is 0 Å².